The van der Waals surface area contributed by atoms with Gasteiger partial charge in [-0.15, -0.1) is 0 Å². The maximum atomic E-state index is 12.6. The number of carbonyl (C=O) groups excluding carboxylic acids is 2. The van der Waals surface area contributed by atoms with Crippen LogP contribution in [0.4, 0.5) is 0 Å². The van der Waals surface area contributed by atoms with Crippen LogP contribution in [-0.2, 0) is 9.59 Å². The summed E-state index contributed by atoms with van der Waals surface area (Å²) in [7, 11) is 0. The first kappa shape index (κ1) is 16.7. The zero-order valence-corrected chi connectivity index (χ0v) is 14.0. The monoisotopic (exact) mass is 322 g/mol. The molecule has 3 fully saturated rings. The lowest BCUT2D eigenvalue weighted by atomic mass is 9.84. The molecular formula is C18H30N2O3. The van der Waals surface area contributed by atoms with E-state index in [1.807, 2.05) is 0 Å². The van der Waals surface area contributed by atoms with Crippen LogP contribution in [0.3, 0.4) is 0 Å². The molecule has 3 aliphatic carbocycles. The molecule has 1 atom stereocenters. The minimum atomic E-state index is -0.969. The van der Waals surface area contributed by atoms with Crippen molar-refractivity contribution in [3.63, 3.8) is 0 Å². The molecule has 0 bridgehead atoms. The van der Waals surface area contributed by atoms with Crippen LogP contribution in [0.5, 0.6) is 0 Å². The number of hydrogen-bond acceptors (Lipinski definition) is 3. The van der Waals surface area contributed by atoms with Gasteiger partial charge in [0, 0.05) is 6.54 Å². The van der Waals surface area contributed by atoms with Gasteiger partial charge < -0.3 is 15.7 Å². The summed E-state index contributed by atoms with van der Waals surface area (Å²) in [6, 6.07) is 0. The number of aliphatic hydroxyl groups excluding tert-OH is 1. The Balaban J connectivity index is 1.58. The average molecular weight is 322 g/mol. The molecule has 3 aliphatic rings. The van der Waals surface area contributed by atoms with Crippen LogP contribution in [0.1, 0.15) is 70.6 Å². The van der Waals surface area contributed by atoms with Gasteiger partial charge in [-0.2, -0.15) is 0 Å². The summed E-state index contributed by atoms with van der Waals surface area (Å²) < 4.78 is 0. The largest absolute Gasteiger partial charge is 0.383 e. The third-order valence-electron chi connectivity index (χ3n) is 5.87. The first-order valence-electron chi connectivity index (χ1n) is 9.39. The van der Waals surface area contributed by atoms with Gasteiger partial charge >= 0.3 is 0 Å². The van der Waals surface area contributed by atoms with E-state index in [1.54, 1.807) is 0 Å². The summed E-state index contributed by atoms with van der Waals surface area (Å²) in [5, 5.41) is 16.3. The summed E-state index contributed by atoms with van der Waals surface area (Å²) in [6.07, 6.45) is 9.89. The number of hydrogen-bond donors (Lipinski definition) is 3. The highest BCUT2D eigenvalue weighted by molar-refractivity contribution is 5.93. The fraction of sp³-hybridized carbons (Fsp3) is 0.889. The molecule has 3 N–H and O–H groups in total. The number of rotatable bonds is 6. The van der Waals surface area contributed by atoms with Crippen molar-refractivity contribution >= 4 is 11.8 Å². The van der Waals surface area contributed by atoms with E-state index in [2.05, 4.69) is 10.6 Å². The highest BCUT2D eigenvalue weighted by atomic mass is 16.3. The molecule has 5 nitrogen and oxygen atoms in total. The van der Waals surface area contributed by atoms with Crippen molar-refractivity contribution in [3.8, 4) is 0 Å². The van der Waals surface area contributed by atoms with Crippen molar-refractivity contribution in [2.45, 2.75) is 82.3 Å². The van der Waals surface area contributed by atoms with Crippen molar-refractivity contribution in [1.29, 1.82) is 0 Å². The molecule has 130 valence electrons. The topological polar surface area (TPSA) is 78.4 Å². The minimum Gasteiger partial charge on any atom is -0.383 e. The zero-order valence-electron chi connectivity index (χ0n) is 14.0. The third-order valence-corrected chi connectivity index (χ3v) is 5.87. The van der Waals surface area contributed by atoms with Crippen molar-refractivity contribution in [2.24, 2.45) is 11.8 Å². The molecule has 0 aliphatic heterocycles. The normalized spacial score (nSPS) is 25.8. The first-order chi connectivity index (χ1) is 11.1. The Bertz CT molecular complexity index is 436. The molecule has 3 saturated carbocycles. The SMILES string of the molecule is O=C(NC1(C(=O)NCC2CC2)CCCC1)C(O)C1CCCCC1. The summed E-state index contributed by atoms with van der Waals surface area (Å²) in [5.74, 6) is 0.282. The van der Waals surface area contributed by atoms with Gasteiger partial charge in [-0.3, -0.25) is 9.59 Å². The van der Waals surface area contributed by atoms with Gasteiger partial charge in [0.2, 0.25) is 11.8 Å². The van der Waals surface area contributed by atoms with E-state index in [0.29, 0.717) is 18.8 Å². The smallest absolute Gasteiger partial charge is 0.249 e. The second kappa shape index (κ2) is 7.20. The third kappa shape index (κ3) is 4.06. The molecule has 2 amide bonds. The first-order valence-corrected chi connectivity index (χ1v) is 9.39. The van der Waals surface area contributed by atoms with Crippen LogP contribution in [0.25, 0.3) is 0 Å². The molecule has 0 aromatic rings. The number of carbonyl (C=O) groups is 2. The van der Waals surface area contributed by atoms with E-state index >= 15 is 0 Å². The fourth-order valence-corrected chi connectivity index (χ4v) is 4.09. The number of amides is 2. The molecule has 23 heavy (non-hydrogen) atoms. The molecule has 3 rings (SSSR count). The van der Waals surface area contributed by atoms with E-state index < -0.39 is 11.6 Å². The summed E-state index contributed by atoms with van der Waals surface area (Å²) in [5.41, 5.74) is -0.790. The molecule has 0 radical (unpaired) electrons. The van der Waals surface area contributed by atoms with Gasteiger partial charge in [0.25, 0.3) is 0 Å². The van der Waals surface area contributed by atoms with E-state index in [9.17, 15) is 14.7 Å². The molecule has 0 saturated heterocycles. The molecule has 0 aromatic heterocycles. The molecule has 5 heteroatoms. The Kier molecular flexibility index (Phi) is 5.24. The molecule has 0 spiro atoms. The van der Waals surface area contributed by atoms with Crippen molar-refractivity contribution in [1.82, 2.24) is 10.6 Å². The van der Waals surface area contributed by atoms with Gasteiger partial charge in [0.1, 0.15) is 11.6 Å². The minimum absolute atomic E-state index is 0.0499. The molecule has 1 unspecified atom stereocenters. The number of aliphatic hydroxyl groups is 1. The predicted molar refractivity (Wildman–Crippen MR) is 87.7 cm³/mol. The van der Waals surface area contributed by atoms with E-state index in [0.717, 1.165) is 45.1 Å². The predicted octanol–water partition coefficient (Wildman–Crippen LogP) is 1.88. The maximum absolute atomic E-state index is 12.6. The highest BCUT2D eigenvalue weighted by Gasteiger charge is 2.44. The lowest BCUT2D eigenvalue weighted by molar-refractivity contribution is -0.140. The fourth-order valence-electron chi connectivity index (χ4n) is 4.09. The second-order valence-corrected chi connectivity index (χ2v) is 7.77. The lowest BCUT2D eigenvalue weighted by Crippen LogP contribution is -2.60. The summed E-state index contributed by atoms with van der Waals surface area (Å²) >= 11 is 0. The van der Waals surface area contributed by atoms with E-state index in [-0.39, 0.29) is 17.7 Å². The lowest BCUT2D eigenvalue weighted by Gasteiger charge is -2.32. The van der Waals surface area contributed by atoms with E-state index in [1.165, 1.54) is 19.3 Å². The Morgan fingerprint density at radius 2 is 1.65 bits per heavy atom. The summed E-state index contributed by atoms with van der Waals surface area (Å²) in [4.78, 5) is 25.1. The van der Waals surface area contributed by atoms with Crippen LogP contribution in [0.15, 0.2) is 0 Å². The van der Waals surface area contributed by atoms with Crippen LogP contribution in [0, 0.1) is 11.8 Å². The Morgan fingerprint density at radius 3 is 2.26 bits per heavy atom. The highest BCUT2D eigenvalue weighted by Crippen LogP contribution is 2.33. The van der Waals surface area contributed by atoms with Crippen molar-refractivity contribution in [3.05, 3.63) is 0 Å². The van der Waals surface area contributed by atoms with Gasteiger partial charge in [0.05, 0.1) is 0 Å². The van der Waals surface area contributed by atoms with Gasteiger partial charge in [-0.25, -0.2) is 0 Å². The van der Waals surface area contributed by atoms with Crippen LogP contribution in [0.2, 0.25) is 0 Å². The van der Waals surface area contributed by atoms with Crippen molar-refractivity contribution in [2.75, 3.05) is 6.54 Å². The van der Waals surface area contributed by atoms with E-state index in [4.69, 9.17) is 0 Å². The van der Waals surface area contributed by atoms with Gasteiger partial charge in [-0.05, 0) is 50.4 Å². The van der Waals surface area contributed by atoms with Crippen LogP contribution < -0.4 is 10.6 Å². The van der Waals surface area contributed by atoms with Crippen LogP contribution in [-0.4, -0.2) is 35.1 Å². The Morgan fingerprint density at radius 1 is 1.00 bits per heavy atom. The van der Waals surface area contributed by atoms with Crippen molar-refractivity contribution < 1.29 is 14.7 Å². The molecule has 0 heterocycles. The van der Waals surface area contributed by atoms with Gasteiger partial charge in [0.15, 0.2) is 0 Å². The number of nitrogens with one attached hydrogen (secondary N) is 2. The van der Waals surface area contributed by atoms with Gasteiger partial charge in [-0.1, -0.05) is 32.1 Å². The Labute approximate surface area is 138 Å². The molecule has 0 aromatic carbocycles. The standard InChI is InChI=1S/C18H30N2O3/c21-15(14-6-2-1-3-7-14)16(22)20-18(10-4-5-11-18)17(23)19-12-13-8-9-13/h13-15,21H,1-12H2,(H,19,23)(H,20,22). The Hall–Kier alpha value is -1.10. The molecular weight excluding hydrogens is 292 g/mol. The maximum Gasteiger partial charge on any atom is 0.249 e. The second-order valence-electron chi connectivity index (χ2n) is 7.77. The summed E-state index contributed by atoms with van der Waals surface area (Å²) in [6.45, 7) is 0.724. The zero-order chi connectivity index (χ0) is 16.3. The quantitative estimate of drug-likeness (QED) is 0.699. The van der Waals surface area contributed by atoms with Crippen LogP contribution >= 0.6 is 0 Å². The average Bonchev–Trinajstić information content (AvgIpc) is 3.29.